The van der Waals surface area contributed by atoms with E-state index in [2.05, 4.69) is 54.1 Å². The van der Waals surface area contributed by atoms with Gasteiger partial charge in [0.1, 0.15) is 0 Å². The average molecular weight is 377 g/mol. The average Bonchev–Trinajstić information content (AvgIpc) is 2.99. The van der Waals surface area contributed by atoms with Gasteiger partial charge in [0.15, 0.2) is 5.78 Å². The van der Waals surface area contributed by atoms with Crippen molar-refractivity contribution in [2.45, 2.75) is 38.1 Å². The van der Waals surface area contributed by atoms with Gasteiger partial charge in [-0.05, 0) is 41.4 Å². The molecule has 27 heavy (non-hydrogen) atoms. The predicted molar refractivity (Wildman–Crippen MR) is 111 cm³/mol. The molecule has 0 unspecified atom stereocenters. The first-order chi connectivity index (χ1) is 13.0. The molecule has 1 aliphatic carbocycles. The lowest BCUT2D eigenvalue weighted by molar-refractivity contribution is 0.0911. The number of carbonyl (C=O) groups excluding carboxylic acids is 1. The van der Waals surface area contributed by atoms with Crippen LogP contribution in [-0.4, -0.2) is 22.0 Å². The predicted octanol–water partition coefficient (Wildman–Crippen LogP) is 5.54. The minimum atomic E-state index is -0.00109. The molecule has 1 aromatic carbocycles. The second-order valence-corrected chi connectivity index (χ2v) is 8.85. The number of hydrogen-bond acceptors (Lipinski definition) is 3. The lowest BCUT2D eigenvalue weighted by Crippen LogP contribution is -2.27. The maximum Gasteiger partial charge on any atom is 0.165 e. The summed E-state index contributed by atoms with van der Waals surface area (Å²) in [4.78, 5) is 21.1. The van der Waals surface area contributed by atoms with Gasteiger partial charge in [0.05, 0.1) is 10.7 Å². The summed E-state index contributed by atoms with van der Waals surface area (Å²) < 4.78 is 0. The summed E-state index contributed by atoms with van der Waals surface area (Å²) in [5.74, 6) is 0.258. The summed E-state index contributed by atoms with van der Waals surface area (Å²) in [6, 6.07) is 14.5. The zero-order valence-electron chi connectivity index (χ0n) is 16.0. The molecule has 0 fully saturated rings. The number of rotatable bonds is 4. The highest BCUT2D eigenvalue weighted by molar-refractivity contribution is 7.98. The van der Waals surface area contributed by atoms with Crippen LogP contribution in [0.2, 0.25) is 0 Å². The number of H-pyrrole nitrogens is 1. The van der Waals surface area contributed by atoms with Gasteiger partial charge in [0, 0.05) is 35.9 Å². The largest absolute Gasteiger partial charge is 0.358 e. The van der Waals surface area contributed by atoms with Crippen LogP contribution in [0, 0.1) is 5.41 Å². The Kier molecular flexibility index (Phi) is 4.68. The Hall–Kier alpha value is -2.33. The Bertz CT molecular complexity index is 989. The topological polar surface area (TPSA) is 45.8 Å². The maximum absolute atomic E-state index is 13.0. The molecule has 4 rings (SSSR count). The van der Waals surface area contributed by atoms with Crippen LogP contribution in [0.3, 0.4) is 0 Å². The number of nitrogens with zero attached hydrogens (tertiary/aromatic N) is 1. The number of nitrogens with one attached hydrogen (secondary N) is 1. The van der Waals surface area contributed by atoms with Crippen LogP contribution in [0.1, 0.15) is 47.4 Å². The van der Waals surface area contributed by atoms with Gasteiger partial charge >= 0.3 is 0 Å². The number of ketones is 1. The third-order valence-electron chi connectivity index (χ3n) is 5.21. The highest BCUT2D eigenvalue weighted by Crippen LogP contribution is 2.40. The second-order valence-electron chi connectivity index (χ2n) is 8.02. The monoisotopic (exact) mass is 376 g/mol. The zero-order chi connectivity index (χ0) is 19.0. The van der Waals surface area contributed by atoms with E-state index in [1.54, 1.807) is 11.8 Å². The van der Waals surface area contributed by atoms with Gasteiger partial charge in [0.25, 0.3) is 0 Å². The van der Waals surface area contributed by atoms with Crippen LogP contribution in [0.25, 0.3) is 11.3 Å². The second kappa shape index (κ2) is 7.01. The number of aromatic amines is 1. The van der Waals surface area contributed by atoms with E-state index in [0.29, 0.717) is 6.42 Å². The van der Waals surface area contributed by atoms with Crippen LogP contribution in [0.4, 0.5) is 0 Å². The molecule has 3 nitrogen and oxygen atoms in total. The molecule has 2 aromatic heterocycles. The van der Waals surface area contributed by atoms with Crippen molar-refractivity contribution in [2.24, 2.45) is 5.41 Å². The van der Waals surface area contributed by atoms with Gasteiger partial charge in [-0.1, -0.05) is 44.2 Å². The first kappa shape index (κ1) is 18.1. The fourth-order valence-electron chi connectivity index (χ4n) is 4.03. The molecule has 4 heteroatoms. The SMILES string of the molecule is CSc1cc(-c2[nH]c3c(c2Cc2ccccc2)C(=O)CC(C)(C)C3)ccn1. The third-order valence-corrected chi connectivity index (χ3v) is 5.85. The summed E-state index contributed by atoms with van der Waals surface area (Å²) in [5, 5.41) is 0.984. The minimum Gasteiger partial charge on any atom is -0.358 e. The molecule has 0 atom stereocenters. The zero-order valence-corrected chi connectivity index (χ0v) is 16.8. The molecule has 0 amide bonds. The Morgan fingerprint density at radius 1 is 1.15 bits per heavy atom. The van der Waals surface area contributed by atoms with Gasteiger partial charge in [-0.15, -0.1) is 11.8 Å². The smallest absolute Gasteiger partial charge is 0.165 e. The van der Waals surface area contributed by atoms with Gasteiger partial charge in [-0.25, -0.2) is 4.98 Å². The molecular formula is C23H24N2OS. The molecule has 0 saturated carbocycles. The van der Waals surface area contributed by atoms with Gasteiger partial charge < -0.3 is 4.98 Å². The molecule has 0 radical (unpaired) electrons. The number of thioether (sulfide) groups is 1. The first-order valence-corrected chi connectivity index (χ1v) is 10.5. The van der Waals surface area contributed by atoms with Crippen molar-refractivity contribution in [1.82, 2.24) is 9.97 Å². The van der Waals surface area contributed by atoms with E-state index in [9.17, 15) is 4.79 Å². The molecule has 0 saturated heterocycles. The van der Waals surface area contributed by atoms with Crippen molar-refractivity contribution in [1.29, 1.82) is 0 Å². The Morgan fingerprint density at radius 3 is 2.67 bits per heavy atom. The Balaban J connectivity index is 1.88. The lowest BCUT2D eigenvalue weighted by Gasteiger charge is -2.28. The summed E-state index contributed by atoms with van der Waals surface area (Å²) in [6.45, 7) is 4.34. The molecule has 0 aliphatic heterocycles. The molecule has 1 N–H and O–H groups in total. The molecule has 1 aliphatic rings. The third kappa shape index (κ3) is 3.59. The van der Waals surface area contributed by atoms with Crippen LogP contribution < -0.4 is 0 Å². The van der Waals surface area contributed by atoms with Crippen molar-refractivity contribution in [2.75, 3.05) is 6.26 Å². The fourth-order valence-corrected chi connectivity index (χ4v) is 4.44. The van der Waals surface area contributed by atoms with Gasteiger partial charge in [-0.3, -0.25) is 4.79 Å². The maximum atomic E-state index is 13.0. The number of pyridine rings is 1. The van der Waals surface area contributed by atoms with Crippen LogP contribution in [0.5, 0.6) is 0 Å². The molecular weight excluding hydrogens is 352 g/mol. The van der Waals surface area contributed by atoms with E-state index in [0.717, 1.165) is 45.9 Å². The summed E-state index contributed by atoms with van der Waals surface area (Å²) >= 11 is 1.63. The van der Waals surface area contributed by atoms with Crippen LogP contribution >= 0.6 is 11.8 Å². The molecule has 2 heterocycles. The van der Waals surface area contributed by atoms with E-state index in [1.807, 2.05) is 24.6 Å². The number of benzene rings is 1. The quantitative estimate of drug-likeness (QED) is 0.608. The first-order valence-electron chi connectivity index (χ1n) is 9.28. The summed E-state index contributed by atoms with van der Waals surface area (Å²) in [5.41, 5.74) is 6.49. The number of fused-ring (bicyclic) bond motifs is 1. The summed E-state index contributed by atoms with van der Waals surface area (Å²) in [6.07, 6.45) is 6.13. The number of aromatic nitrogens is 2. The van der Waals surface area contributed by atoms with E-state index in [1.165, 1.54) is 5.56 Å². The lowest BCUT2D eigenvalue weighted by atomic mass is 9.75. The minimum absolute atomic E-state index is 0.00109. The fraction of sp³-hybridized carbons (Fsp3) is 0.304. The Morgan fingerprint density at radius 2 is 1.93 bits per heavy atom. The Labute approximate surface area is 164 Å². The highest BCUT2D eigenvalue weighted by Gasteiger charge is 2.35. The van der Waals surface area contributed by atoms with Crippen LogP contribution in [-0.2, 0) is 12.8 Å². The van der Waals surface area contributed by atoms with E-state index < -0.39 is 0 Å². The van der Waals surface area contributed by atoms with Gasteiger partial charge in [0.2, 0.25) is 0 Å². The van der Waals surface area contributed by atoms with E-state index in [4.69, 9.17) is 0 Å². The number of Topliss-reactive ketones (excluding diaryl/α,β-unsaturated/α-hetero) is 1. The van der Waals surface area contributed by atoms with Crippen LogP contribution in [0.15, 0.2) is 53.7 Å². The van der Waals surface area contributed by atoms with Gasteiger partial charge in [-0.2, -0.15) is 0 Å². The highest BCUT2D eigenvalue weighted by atomic mass is 32.2. The van der Waals surface area contributed by atoms with E-state index >= 15 is 0 Å². The van der Waals surface area contributed by atoms with Crippen molar-refractivity contribution in [3.63, 3.8) is 0 Å². The van der Waals surface area contributed by atoms with Crippen molar-refractivity contribution in [3.05, 3.63) is 71.0 Å². The molecule has 3 aromatic rings. The number of hydrogen-bond donors (Lipinski definition) is 1. The van der Waals surface area contributed by atoms with Crippen molar-refractivity contribution >= 4 is 17.5 Å². The normalized spacial score (nSPS) is 15.6. The number of carbonyl (C=O) groups is 1. The summed E-state index contributed by atoms with van der Waals surface area (Å²) in [7, 11) is 0. The van der Waals surface area contributed by atoms with Crippen molar-refractivity contribution in [3.8, 4) is 11.3 Å². The van der Waals surface area contributed by atoms with E-state index in [-0.39, 0.29) is 11.2 Å². The molecule has 138 valence electrons. The molecule has 0 spiro atoms. The standard InChI is InChI=1S/C23H24N2OS/c1-23(2)13-18-21(19(26)14-23)17(11-15-7-5-4-6-8-15)22(25-18)16-9-10-24-20(12-16)27-3/h4-10,12,25H,11,13-14H2,1-3H3. The van der Waals surface area contributed by atoms with Crippen molar-refractivity contribution < 1.29 is 4.79 Å². The molecule has 0 bridgehead atoms.